The minimum absolute atomic E-state index is 0.760. The molecule has 1 aromatic carbocycles. The highest BCUT2D eigenvalue weighted by Gasteiger charge is 2.11. The number of nitrogens with zero attached hydrogens (tertiary/aromatic N) is 1. The maximum absolute atomic E-state index is 5.17. The lowest BCUT2D eigenvalue weighted by Gasteiger charge is -2.22. The van der Waals surface area contributed by atoms with Crippen molar-refractivity contribution in [3.05, 3.63) is 29.3 Å². The van der Waals surface area contributed by atoms with Crippen molar-refractivity contribution in [1.82, 2.24) is 4.90 Å². The summed E-state index contributed by atoms with van der Waals surface area (Å²) in [5.74, 6) is 0. The van der Waals surface area contributed by atoms with Gasteiger partial charge in [0.25, 0.3) is 0 Å². The standard InChI is InChI=1S/C15H24N2O2/c1-18-9-7-17(8-10-19-2)12-13-3-4-15-14(11-13)5-6-16-15/h3-4,11,16H,5-10,12H2,1-2H3. The summed E-state index contributed by atoms with van der Waals surface area (Å²) >= 11 is 0. The van der Waals surface area contributed by atoms with Crippen LogP contribution in [0, 0.1) is 0 Å². The first kappa shape index (κ1) is 14.3. The third-order valence-electron chi connectivity index (χ3n) is 3.51. The van der Waals surface area contributed by atoms with E-state index in [1.54, 1.807) is 14.2 Å². The van der Waals surface area contributed by atoms with Crippen molar-refractivity contribution in [3.8, 4) is 0 Å². The van der Waals surface area contributed by atoms with Crippen molar-refractivity contribution in [1.29, 1.82) is 0 Å². The van der Waals surface area contributed by atoms with E-state index in [-0.39, 0.29) is 0 Å². The fraction of sp³-hybridized carbons (Fsp3) is 0.600. The monoisotopic (exact) mass is 264 g/mol. The minimum atomic E-state index is 0.760. The Morgan fingerprint density at radius 3 is 2.58 bits per heavy atom. The van der Waals surface area contributed by atoms with Crippen molar-refractivity contribution < 1.29 is 9.47 Å². The smallest absolute Gasteiger partial charge is 0.0589 e. The second-order valence-electron chi connectivity index (χ2n) is 4.93. The number of hydrogen-bond donors (Lipinski definition) is 1. The van der Waals surface area contributed by atoms with E-state index in [9.17, 15) is 0 Å². The molecule has 0 aromatic heterocycles. The van der Waals surface area contributed by atoms with Crippen molar-refractivity contribution in [3.63, 3.8) is 0 Å². The summed E-state index contributed by atoms with van der Waals surface area (Å²) in [5.41, 5.74) is 4.11. The fourth-order valence-electron chi connectivity index (χ4n) is 2.43. The van der Waals surface area contributed by atoms with Crippen molar-refractivity contribution in [2.75, 3.05) is 52.4 Å². The van der Waals surface area contributed by atoms with E-state index in [0.29, 0.717) is 0 Å². The molecule has 2 rings (SSSR count). The number of methoxy groups -OCH3 is 2. The molecule has 1 aliphatic rings. The van der Waals surface area contributed by atoms with E-state index >= 15 is 0 Å². The number of nitrogens with one attached hydrogen (secondary N) is 1. The van der Waals surface area contributed by atoms with Gasteiger partial charge in [0.05, 0.1) is 13.2 Å². The summed E-state index contributed by atoms with van der Waals surface area (Å²) in [4.78, 5) is 2.37. The van der Waals surface area contributed by atoms with E-state index in [4.69, 9.17) is 9.47 Å². The van der Waals surface area contributed by atoms with Crippen molar-refractivity contribution >= 4 is 5.69 Å². The average molecular weight is 264 g/mol. The van der Waals surface area contributed by atoms with Gasteiger partial charge in [-0.05, 0) is 23.6 Å². The molecule has 0 radical (unpaired) electrons. The Kier molecular flexibility index (Phi) is 5.63. The zero-order valence-corrected chi connectivity index (χ0v) is 11.9. The Hall–Kier alpha value is -1.10. The molecule has 1 heterocycles. The summed E-state index contributed by atoms with van der Waals surface area (Å²) in [7, 11) is 3.49. The van der Waals surface area contributed by atoms with Crippen LogP contribution in [0.4, 0.5) is 5.69 Å². The van der Waals surface area contributed by atoms with Crippen LogP contribution in [0.2, 0.25) is 0 Å². The fourth-order valence-corrected chi connectivity index (χ4v) is 2.43. The maximum atomic E-state index is 5.17. The van der Waals surface area contributed by atoms with Crippen molar-refractivity contribution in [2.45, 2.75) is 13.0 Å². The Labute approximate surface area is 115 Å². The van der Waals surface area contributed by atoms with Crippen LogP contribution in [0.3, 0.4) is 0 Å². The first-order chi connectivity index (χ1) is 9.33. The molecule has 0 bridgehead atoms. The molecule has 0 saturated heterocycles. The van der Waals surface area contributed by atoms with Gasteiger partial charge in [-0.3, -0.25) is 4.90 Å². The second-order valence-corrected chi connectivity index (χ2v) is 4.93. The molecule has 1 N–H and O–H groups in total. The van der Waals surface area contributed by atoms with Gasteiger partial charge >= 0.3 is 0 Å². The molecule has 0 saturated carbocycles. The van der Waals surface area contributed by atoms with Crippen LogP contribution in [0.15, 0.2) is 18.2 Å². The van der Waals surface area contributed by atoms with Gasteiger partial charge in [-0.25, -0.2) is 0 Å². The molecule has 106 valence electrons. The predicted octanol–water partition coefficient (Wildman–Crippen LogP) is 1.75. The Balaban J connectivity index is 1.95. The number of hydrogen-bond acceptors (Lipinski definition) is 4. The Bertz CT molecular complexity index is 388. The number of fused-ring (bicyclic) bond motifs is 1. The number of anilines is 1. The van der Waals surface area contributed by atoms with Gasteiger partial charge in [-0.15, -0.1) is 0 Å². The molecular weight excluding hydrogens is 240 g/mol. The average Bonchev–Trinajstić information content (AvgIpc) is 2.89. The zero-order chi connectivity index (χ0) is 13.5. The van der Waals surface area contributed by atoms with Gasteiger partial charge < -0.3 is 14.8 Å². The summed E-state index contributed by atoms with van der Waals surface area (Å²) in [6.07, 6.45) is 1.14. The molecule has 0 atom stereocenters. The van der Waals surface area contributed by atoms with Gasteiger partial charge in [-0.2, -0.15) is 0 Å². The van der Waals surface area contributed by atoms with Crippen molar-refractivity contribution in [2.24, 2.45) is 0 Å². The molecule has 4 nitrogen and oxygen atoms in total. The molecule has 1 aromatic rings. The van der Waals surface area contributed by atoms with Gasteiger partial charge in [0.1, 0.15) is 0 Å². The van der Waals surface area contributed by atoms with E-state index in [2.05, 4.69) is 28.4 Å². The maximum Gasteiger partial charge on any atom is 0.0589 e. The zero-order valence-electron chi connectivity index (χ0n) is 11.9. The molecule has 1 aliphatic heterocycles. The summed E-state index contributed by atoms with van der Waals surface area (Å²) in [6.45, 7) is 5.42. The minimum Gasteiger partial charge on any atom is -0.384 e. The lowest BCUT2D eigenvalue weighted by molar-refractivity contribution is 0.110. The third kappa shape index (κ3) is 4.20. The van der Waals surface area contributed by atoms with Crippen LogP contribution in [0.5, 0.6) is 0 Å². The summed E-state index contributed by atoms with van der Waals surface area (Å²) < 4.78 is 10.3. The molecule has 19 heavy (non-hydrogen) atoms. The topological polar surface area (TPSA) is 33.7 Å². The molecule has 0 amide bonds. The molecule has 0 fully saturated rings. The van der Waals surface area contributed by atoms with Crippen LogP contribution in [0.25, 0.3) is 0 Å². The molecule has 0 aliphatic carbocycles. The number of rotatable bonds is 8. The highest BCUT2D eigenvalue weighted by molar-refractivity contribution is 5.56. The Morgan fingerprint density at radius 1 is 1.16 bits per heavy atom. The number of ether oxygens (including phenoxy) is 2. The predicted molar refractivity (Wildman–Crippen MR) is 77.7 cm³/mol. The van der Waals surface area contributed by atoms with Crippen LogP contribution in [-0.2, 0) is 22.4 Å². The lowest BCUT2D eigenvalue weighted by atomic mass is 10.1. The normalized spacial score (nSPS) is 13.6. The summed E-state index contributed by atoms with van der Waals surface area (Å²) in [6, 6.07) is 6.73. The van der Waals surface area contributed by atoms with E-state index < -0.39 is 0 Å². The van der Waals surface area contributed by atoms with Crippen LogP contribution < -0.4 is 5.32 Å². The SMILES string of the molecule is COCCN(CCOC)Cc1ccc2c(c1)CCN2. The van der Waals surface area contributed by atoms with E-state index in [1.165, 1.54) is 16.8 Å². The van der Waals surface area contributed by atoms with Crippen LogP contribution in [0.1, 0.15) is 11.1 Å². The van der Waals surface area contributed by atoms with E-state index in [0.717, 1.165) is 45.8 Å². The molecule has 0 spiro atoms. The van der Waals surface area contributed by atoms with Gasteiger partial charge in [-0.1, -0.05) is 12.1 Å². The van der Waals surface area contributed by atoms with Crippen LogP contribution >= 0.6 is 0 Å². The van der Waals surface area contributed by atoms with Gasteiger partial charge in [0.15, 0.2) is 0 Å². The quantitative estimate of drug-likeness (QED) is 0.775. The molecular formula is C15H24N2O2. The molecule has 4 heteroatoms. The first-order valence-electron chi connectivity index (χ1n) is 6.89. The first-order valence-corrected chi connectivity index (χ1v) is 6.89. The summed E-state index contributed by atoms with van der Waals surface area (Å²) in [5, 5.41) is 3.40. The number of benzene rings is 1. The highest BCUT2D eigenvalue weighted by atomic mass is 16.5. The second kappa shape index (κ2) is 7.48. The third-order valence-corrected chi connectivity index (χ3v) is 3.51. The van der Waals surface area contributed by atoms with Crippen LogP contribution in [-0.4, -0.2) is 52.0 Å². The lowest BCUT2D eigenvalue weighted by Crippen LogP contribution is -2.30. The molecule has 0 unspecified atom stereocenters. The van der Waals surface area contributed by atoms with Gasteiger partial charge in [0, 0.05) is 46.1 Å². The van der Waals surface area contributed by atoms with Gasteiger partial charge in [0.2, 0.25) is 0 Å². The van der Waals surface area contributed by atoms with E-state index in [1.807, 2.05) is 0 Å². The Morgan fingerprint density at radius 2 is 1.89 bits per heavy atom. The largest absolute Gasteiger partial charge is 0.384 e. The highest BCUT2D eigenvalue weighted by Crippen LogP contribution is 2.23.